The van der Waals surface area contributed by atoms with Crippen LogP contribution in [0.15, 0.2) is 36.9 Å². The fourth-order valence-corrected chi connectivity index (χ4v) is 6.51. The normalized spacial score (nSPS) is 16.3. The SMILES string of the molecule is CCC(=O)N[C@@H](Cc1nc2ccc(C(C)C)cc2s1)C(=O)N[C@H](CNC(=O)[C@@H](C)Cn1ccnc1)C1CCCCC1. The van der Waals surface area contributed by atoms with E-state index in [0.29, 0.717) is 25.4 Å². The first-order valence-electron chi connectivity index (χ1n) is 15.0. The molecular weight excluding hydrogens is 536 g/mol. The average Bonchev–Trinajstić information content (AvgIpc) is 3.63. The summed E-state index contributed by atoms with van der Waals surface area (Å²) in [6, 6.07) is 5.33. The van der Waals surface area contributed by atoms with Crippen molar-refractivity contribution in [1.82, 2.24) is 30.5 Å². The molecule has 1 saturated carbocycles. The van der Waals surface area contributed by atoms with Crippen LogP contribution in [0.3, 0.4) is 0 Å². The molecule has 0 unspecified atom stereocenters. The second kappa shape index (κ2) is 14.6. The van der Waals surface area contributed by atoms with Crippen molar-refractivity contribution in [2.45, 2.75) is 97.2 Å². The van der Waals surface area contributed by atoms with Gasteiger partial charge >= 0.3 is 0 Å². The number of rotatable bonds is 13. The lowest BCUT2D eigenvalue weighted by Crippen LogP contribution is -2.55. The maximum atomic E-state index is 13.7. The van der Waals surface area contributed by atoms with Gasteiger partial charge < -0.3 is 20.5 Å². The van der Waals surface area contributed by atoms with Crippen LogP contribution in [0, 0.1) is 11.8 Å². The van der Waals surface area contributed by atoms with E-state index < -0.39 is 6.04 Å². The summed E-state index contributed by atoms with van der Waals surface area (Å²) in [4.78, 5) is 47.9. The highest BCUT2D eigenvalue weighted by molar-refractivity contribution is 7.18. The third-order valence-corrected chi connectivity index (χ3v) is 9.05. The van der Waals surface area contributed by atoms with Crippen molar-refractivity contribution in [2.24, 2.45) is 11.8 Å². The third-order valence-electron chi connectivity index (χ3n) is 8.01. The van der Waals surface area contributed by atoms with Gasteiger partial charge in [-0.2, -0.15) is 0 Å². The third kappa shape index (κ3) is 8.61. The van der Waals surface area contributed by atoms with Crippen LogP contribution in [-0.2, 0) is 27.3 Å². The summed E-state index contributed by atoms with van der Waals surface area (Å²) in [5, 5.41) is 10.1. The Morgan fingerprint density at radius 2 is 1.85 bits per heavy atom. The van der Waals surface area contributed by atoms with Gasteiger partial charge in [0.05, 0.1) is 27.5 Å². The molecule has 1 aliphatic carbocycles. The Kier molecular flexibility index (Phi) is 10.9. The van der Waals surface area contributed by atoms with Crippen LogP contribution < -0.4 is 16.0 Å². The smallest absolute Gasteiger partial charge is 0.243 e. The van der Waals surface area contributed by atoms with Crippen LogP contribution >= 0.6 is 11.3 Å². The summed E-state index contributed by atoms with van der Waals surface area (Å²) in [5.41, 5.74) is 2.15. The molecule has 10 heteroatoms. The molecule has 0 aliphatic heterocycles. The molecular formula is C31H44N6O3S. The number of amides is 3. The number of benzene rings is 1. The zero-order valence-electron chi connectivity index (χ0n) is 24.7. The number of hydrogen-bond donors (Lipinski definition) is 3. The first-order chi connectivity index (χ1) is 19.7. The van der Waals surface area contributed by atoms with Crippen LogP contribution in [0.5, 0.6) is 0 Å². The highest BCUT2D eigenvalue weighted by Crippen LogP contribution is 2.28. The van der Waals surface area contributed by atoms with Gasteiger partial charge in [-0.1, -0.05) is 53.0 Å². The topological polar surface area (TPSA) is 118 Å². The van der Waals surface area contributed by atoms with E-state index in [1.54, 1.807) is 30.8 Å². The molecule has 0 radical (unpaired) electrons. The maximum absolute atomic E-state index is 13.7. The van der Waals surface area contributed by atoms with E-state index in [2.05, 4.69) is 46.9 Å². The maximum Gasteiger partial charge on any atom is 0.243 e. The number of imidazole rings is 1. The number of nitrogens with one attached hydrogen (secondary N) is 3. The standard InChI is InChI=1S/C31H44N6O3S/c1-5-28(38)34-25(16-29-35-24-12-11-23(20(2)3)15-27(24)41-29)31(40)36-26(22-9-7-6-8-10-22)17-33-30(39)21(4)18-37-14-13-32-19-37/h11-15,19-22,25-26H,5-10,16-18H2,1-4H3,(H,33,39)(H,34,38)(H,36,40)/t21-,25-,26+/m0/s1. The summed E-state index contributed by atoms with van der Waals surface area (Å²) in [5.74, 6) is -0.0113. The molecule has 3 atom stereocenters. The molecule has 0 bridgehead atoms. The highest BCUT2D eigenvalue weighted by atomic mass is 32.1. The molecule has 41 heavy (non-hydrogen) atoms. The zero-order chi connectivity index (χ0) is 29.4. The summed E-state index contributed by atoms with van der Waals surface area (Å²) >= 11 is 1.57. The Labute approximate surface area is 246 Å². The second-order valence-corrected chi connectivity index (χ2v) is 12.7. The number of thiazole rings is 1. The Bertz CT molecular complexity index is 1300. The Morgan fingerprint density at radius 3 is 2.54 bits per heavy atom. The number of nitrogens with zero attached hydrogens (tertiary/aromatic N) is 3. The summed E-state index contributed by atoms with van der Waals surface area (Å²) in [6.07, 6.45) is 11.3. The molecule has 4 rings (SSSR count). The fourth-order valence-electron chi connectivity index (χ4n) is 5.45. The van der Waals surface area contributed by atoms with Gasteiger partial charge in [0.25, 0.3) is 0 Å². The van der Waals surface area contributed by atoms with Crippen LogP contribution in [0.2, 0.25) is 0 Å². The van der Waals surface area contributed by atoms with Crippen LogP contribution in [-0.4, -0.2) is 50.9 Å². The number of aromatic nitrogens is 3. The lowest BCUT2D eigenvalue weighted by atomic mass is 9.83. The molecule has 3 aromatic rings. The van der Waals surface area contributed by atoms with Crippen molar-refractivity contribution < 1.29 is 14.4 Å². The minimum Gasteiger partial charge on any atom is -0.354 e. The van der Waals surface area contributed by atoms with E-state index in [1.165, 1.54) is 12.0 Å². The van der Waals surface area contributed by atoms with Crippen LogP contribution in [0.25, 0.3) is 10.2 Å². The van der Waals surface area contributed by atoms with Crippen molar-refractivity contribution in [1.29, 1.82) is 0 Å². The van der Waals surface area contributed by atoms with Gasteiger partial charge in [0.1, 0.15) is 6.04 Å². The molecule has 222 valence electrons. The van der Waals surface area contributed by atoms with Gasteiger partial charge in [0.15, 0.2) is 0 Å². The summed E-state index contributed by atoms with van der Waals surface area (Å²) in [6.45, 7) is 8.89. The van der Waals surface area contributed by atoms with E-state index in [0.717, 1.165) is 40.9 Å². The monoisotopic (exact) mass is 580 g/mol. The minimum absolute atomic E-state index is 0.0557. The lowest BCUT2D eigenvalue weighted by molar-refractivity contribution is -0.130. The highest BCUT2D eigenvalue weighted by Gasteiger charge is 2.30. The molecule has 2 aromatic heterocycles. The predicted molar refractivity (Wildman–Crippen MR) is 163 cm³/mol. The number of carbonyl (C=O) groups excluding carboxylic acids is 3. The van der Waals surface area contributed by atoms with Gasteiger partial charge in [-0.25, -0.2) is 9.97 Å². The van der Waals surface area contributed by atoms with Crippen molar-refractivity contribution in [3.8, 4) is 0 Å². The summed E-state index contributed by atoms with van der Waals surface area (Å²) in [7, 11) is 0. The van der Waals surface area contributed by atoms with Gasteiger partial charge in [-0.05, 0) is 42.4 Å². The molecule has 9 nitrogen and oxygen atoms in total. The molecule has 0 saturated heterocycles. The van der Waals surface area contributed by atoms with Crippen molar-refractivity contribution in [3.63, 3.8) is 0 Å². The predicted octanol–water partition coefficient (Wildman–Crippen LogP) is 4.57. The van der Waals surface area contributed by atoms with Crippen molar-refractivity contribution in [2.75, 3.05) is 6.54 Å². The van der Waals surface area contributed by atoms with Crippen molar-refractivity contribution >= 4 is 39.3 Å². The van der Waals surface area contributed by atoms with E-state index >= 15 is 0 Å². The largest absolute Gasteiger partial charge is 0.354 e. The molecule has 1 fully saturated rings. The first kappa shape index (κ1) is 30.7. The summed E-state index contributed by atoms with van der Waals surface area (Å²) < 4.78 is 2.97. The van der Waals surface area contributed by atoms with Gasteiger partial charge in [0, 0.05) is 44.4 Å². The average molecular weight is 581 g/mol. The first-order valence-corrected chi connectivity index (χ1v) is 15.8. The van der Waals surface area contributed by atoms with E-state index in [-0.39, 0.29) is 42.0 Å². The second-order valence-electron chi connectivity index (χ2n) is 11.6. The van der Waals surface area contributed by atoms with Crippen molar-refractivity contribution in [3.05, 3.63) is 47.5 Å². The molecule has 0 spiro atoms. The number of fused-ring (bicyclic) bond motifs is 1. The van der Waals surface area contributed by atoms with Crippen LogP contribution in [0.4, 0.5) is 0 Å². The molecule has 2 heterocycles. The van der Waals surface area contributed by atoms with E-state index in [4.69, 9.17) is 4.98 Å². The van der Waals surface area contributed by atoms with Gasteiger partial charge in [0.2, 0.25) is 17.7 Å². The van der Waals surface area contributed by atoms with Gasteiger partial charge in [-0.15, -0.1) is 11.3 Å². The molecule has 1 aromatic carbocycles. The number of carbonyl (C=O) groups is 3. The van der Waals surface area contributed by atoms with E-state index in [9.17, 15) is 14.4 Å². The number of hydrogen-bond acceptors (Lipinski definition) is 6. The lowest BCUT2D eigenvalue weighted by Gasteiger charge is -2.32. The quantitative estimate of drug-likeness (QED) is 0.274. The van der Waals surface area contributed by atoms with Gasteiger partial charge in [-0.3, -0.25) is 14.4 Å². The molecule has 3 N–H and O–H groups in total. The molecule has 1 aliphatic rings. The Morgan fingerprint density at radius 1 is 1.07 bits per heavy atom. The van der Waals surface area contributed by atoms with Crippen LogP contribution in [0.1, 0.15) is 82.7 Å². The zero-order valence-corrected chi connectivity index (χ0v) is 25.5. The van der Waals surface area contributed by atoms with E-state index in [1.807, 2.05) is 23.8 Å². The fraction of sp³-hybridized carbons (Fsp3) is 0.581. The Balaban J connectivity index is 1.46. The Hall–Kier alpha value is -3.27. The minimum atomic E-state index is -0.741. The molecule has 3 amide bonds.